The van der Waals surface area contributed by atoms with Gasteiger partial charge in [0.05, 0.1) is 12.4 Å². The van der Waals surface area contributed by atoms with E-state index in [0.717, 1.165) is 15.2 Å². The maximum Gasteiger partial charge on any atom is 0.342 e. The second-order valence-corrected chi connectivity index (χ2v) is 11.0. The van der Waals surface area contributed by atoms with Crippen molar-refractivity contribution in [2.45, 2.75) is 0 Å². The molecule has 2 aliphatic rings. The molecule has 2 aliphatic heterocycles. The van der Waals surface area contributed by atoms with Gasteiger partial charge in [-0.1, -0.05) is 0 Å². The van der Waals surface area contributed by atoms with Gasteiger partial charge in [-0.2, -0.15) is 19.6 Å². The fraction of sp³-hybridized carbons (Fsp3) is 0.370. The number of rotatable bonds is 9. The molecule has 0 spiro atoms. The number of urea groups is 3. The largest absolute Gasteiger partial charge is 0.384 e. The number of carbonyl (C=O) groups excluding carboxylic acids is 5. The van der Waals surface area contributed by atoms with Gasteiger partial charge in [-0.05, 0) is 6.07 Å². The van der Waals surface area contributed by atoms with Crippen LogP contribution in [0.25, 0.3) is 0 Å². The quantitative estimate of drug-likeness (QED) is 0.109. The van der Waals surface area contributed by atoms with Crippen molar-refractivity contribution in [3.05, 3.63) is 49.1 Å². The van der Waals surface area contributed by atoms with Crippen molar-refractivity contribution in [2.24, 2.45) is 0 Å². The van der Waals surface area contributed by atoms with Gasteiger partial charge in [0.2, 0.25) is 0 Å². The number of aromatic nitrogens is 8. The van der Waals surface area contributed by atoms with E-state index in [1.54, 1.807) is 35.5 Å². The van der Waals surface area contributed by atoms with Crippen molar-refractivity contribution in [2.75, 3.05) is 84.3 Å². The fourth-order valence-corrected chi connectivity index (χ4v) is 4.21. The zero-order chi connectivity index (χ0) is 37.7. The first-order chi connectivity index (χ1) is 25.2. The lowest BCUT2D eigenvalue weighted by Gasteiger charge is -2.09. The number of nitrogens with two attached hydrogens (primary N) is 1. The van der Waals surface area contributed by atoms with E-state index in [1.165, 1.54) is 23.4 Å². The Hall–Kier alpha value is -5.74. The topological polar surface area (TPSA) is 283 Å². The lowest BCUT2D eigenvalue weighted by atomic mass is 10.5. The third-order valence-corrected chi connectivity index (χ3v) is 6.80. The number of aromatic amines is 2. The van der Waals surface area contributed by atoms with E-state index in [0.29, 0.717) is 75.1 Å². The molecule has 0 saturated carbocycles. The van der Waals surface area contributed by atoms with Crippen LogP contribution in [0.3, 0.4) is 0 Å². The summed E-state index contributed by atoms with van der Waals surface area (Å²) in [5.74, 6) is 3.06. The van der Waals surface area contributed by atoms with Gasteiger partial charge >= 0.3 is 30.2 Å². The molecule has 25 heteroatoms. The van der Waals surface area contributed by atoms with E-state index in [1.807, 2.05) is 0 Å². The number of nitrogens with zero attached hydrogens (tertiary/aromatic N) is 8. The summed E-state index contributed by atoms with van der Waals surface area (Å²) in [7, 11) is 0. The van der Waals surface area contributed by atoms with Crippen molar-refractivity contribution in [3.63, 3.8) is 0 Å². The van der Waals surface area contributed by atoms with Gasteiger partial charge in [0.15, 0.2) is 11.6 Å². The van der Waals surface area contributed by atoms with Crippen molar-refractivity contribution in [1.82, 2.24) is 66.5 Å². The van der Waals surface area contributed by atoms with Crippen LogP contribution in [0.2, 0.25) is 0 Å². The number of anilines is 4. The fourth-order valence-electron chi connectivity index (χ4n) is 3.92. The second kappa shape index (κ2) is 22.2. The summed E-state index contributed by atoms with van der Waals surface area (Å²) >= 11 is 16.3. The normalized spacial score (nSPS) is 12.9. The smallest absolute Gasteiger partial charge is 0.342 e. The maximum absolute atomic E-state index is 11.5. The molecule has 0 bridgehead atoms. The molecule has 0 aromatic carbocycles. The minimum Gasteiger partial charge on any atom is -0.384 e. The van der Waals surface area contributed by atoms with Gasteiger partial charge in [0.25, 0.3) is 0 Å². The number of amides is 8. The minimum absolute atomic E-state index is 0.0609. The number of alkyl halides is 3. The molecule has 0 aliphatic carbocycles. The average molecular weight is 787 g/mol. The van der Waals surface area contributed by atoms with Gasteiger partial charge in [-0.25, -0.2) is 24.0 Å². The SMILES string of the molecule is Nc1ccn[nH]1.O=C(NCCCl)Nc1ccn(C(=O)NCCCl)n1.O=C1NCCN1c1ccn(C(=O)NCCCl)n1.O=C1NCCN1c1ccn[nH]1. The summed E-state index contributed by atoms with van der Waals surface area (Å²) in [5.41, 5.74) is 5.16. The molecule has 0 unspecified atom stereocenters. The van der Waals surface area contributed by atoms with E-state index < -0.39 is 12.1 Å². The monoisotopic (exact) mass is 785 g/mol. The minimum atomic E-state index is -0.429. The highest BCUT2D eigenvalue weighted by atomic mass is 35.5. The molecule has 2 saturated heterocycles. The molecule has 0 radical (unpaired) electrons. The van der Waals surface area contributed by atoms with Crippen LogP contribution in [0, 0.1) is 0 Å². The zero-order valence-corrected chi connectivity index (χ0v) is 29.8. The predicted octanol–water partition coefficient (Wildman–Crippen LogP) is 1.18. The molecule has 10 N–H and O–H groups in total. The van der Waals surface area contributed by atoms with Gasteiger partial charge in [-0.15, -0.1) is 45.0 Å². The Morgan fingerprint density at radius 1 is 0.731 bits per heavy atom. The summed E-state index contributed by atoms with van der Waals surface area (Å²) in [6, 6.07) is 5.12. The average Bonchev–Trinajstić information content (AvgIpc) is 3.98. The van der Waals surface area contributed by atoms with Crippen LogP contribution >= 0.6 is 34.8 Å². The number of hydrogen-bond donors (Lipinski definition) is 9. The standard InChI is InChI=1S/C9H13Cl2N5O2.C9H12ClN5O2.C6H8N4O.C3H5N3/c10-2-4-12-8(17)14-7-1-6-16(15-7)9(18)13-5-3-11;10-2-3-11-9(17)15-5-1-7(13-15)14-6-4-12-8(14)16;11-6-7-3-4-10(6)5-1-2-8-9-5;4-3-1-2-5-6-3/h1,6H,2-5H2,(H,13,18)(H2,12,14,15,17);1,5H,2-4,6H2,(H,11,17)(H,12,16);1-2H,3-4H2,(H,7,11)(H,8,9);1-2H,(H3,4,5,6). The lowest BCUT2D eigenvalue weighted by molar-refractivity contribution is 0.239. The van der Waals surface area contributed by atoms with E-state index >= 15 is 0 Å². The summed E-state index contributed by atoms with van der Waals surface area (Å²) in [5, 5.41) is 35.9. The van der Waals surface area contributed by atoms with Gasteiger partial charge in [0.1, 0.15) is 11.6 Å². The van der Waals surface area contributed by atoms with Gasteiger partial charge < -0.3 is 32.3 Å². The van der Waals surface area contributed by atoms with Crippen LogP contribution < -0.4 is 47.4 Å². The Kier molecular flexibility index (Phi) is 17.3. The van der Waals surface area contributed by atoms with Gasteiger partial charge in [0, 0.05) is 94.0 Å². The first kappa shape index (κ1) is 40.7. The molecule has 0 atom stereocenters. The Labute approximate surface area is 311 Å². The second-order valence-electron chi connectivity index (χ2n) is 9.90. The van der Waals surface area contributed by atoms with Crippen LogP contribution in [-0.2, 0) is 0 Å². The van der Waals surface area contributed by atoms with Crippen LogP contribution in [0.5, 0.6) is 0 Å². The number of halogens is 3. The molecule has 52 heavy (non-hydrogen) atoms. The maximum atomic E-state index is 11.5. The van der Waals surface area contributed by atoms with Crippen LogP contribution in [-0.4, -0.2) is 134 Å². The Morgan fingerprint density at radius 3 is 1.79 bits per heavy atom. The number of nitrogen functional groups attached to an aromatic ring is 1. The molecule has 2 fully saturated rings. The summed E-state index contributed by atoms with van der Waals surface area (Å²) in [6.45, 7) is 3.63. The number of nitrogens with one attached hydrogen (secondary N) is 8. The van der Waals surface area contributed by atoms with Crippen molar-refractivity contribution >= 4 is 88.2 Å². The van der Waals surface area contributed by atoms with Crippen LogP contribution in [0.15, 0.2) is 49.1 Å². The van der Waals surface area contributed by atoms with E-state index in [-0.39, 0.29) is 23.9 Å². The zero-order valence-electron chi connectivity index (χ0n) is 27.5. The van der Waals surface area contributed by atoms with Crippen molar-refractivity contribution in [1.29, 1.82) is 0 Å². The molecule has 282 valence electrons. The Morgan fingerprint density at radius 2 is 1.29 bits per heavy atom. The highest BCUT2D eigenvalue weighted by Crippen LogP contribution is 2.13. The highest BCUT2D eigenvalue weighted by Gasteiger charge is 2.24. The van der Waals surface area contributed by atoms with Gasteiger partial charge in [-0.3, -0.25) is 25.3 Å². The first-order valence-electron chi connectivity index (χ1n) is 15.4. The molecule has 22 nitrogen and oxygen atoms in total. The molecule has 6 rings (SSSR count). The predicted molar refractivity (Wildman–Crippen MR) is 194 cm³/mol. The van der Waals surface area contributed by atoms with Crippen LogP contribution in [0.4, 0.5) is 47.2 Å². The molecule has 4 aromatic rings. The molecule has 8 amide bonds. The molecule has 6 heterocycles. The third kappa shape index (κ3) is 13.5. The summed E-state index contributed by atoms with van der Waals surface area (Å²) in [6.07, 6.45) is 6.17. The molecular formula is C27H38Cl3N17O5. The van der Waals surface area contributed by atoms with Crippen LogP contribution in [0.1, 0.15) is 0 Å². The third-order valence-electron chi connectivity index (χ3n) is 6.23. The van der Waals surface area contributed by atoms with E-state index in [9.17, 15) is 24.0 Å². The van der Waals surface area contributed by atoms with E-state index in [4.69, 9.17) is 40.5 Å². The Bertz CT molecular complexity index is 1680. The number of H-pyrrole nitrogens is 2. The van der Waals surface area contributed by atoms with E-state index in [2.05, 4.69) is 62.5 Å². The Balaban J connectivity index is 0.000000198. The highest BCUT2D eigenvalue weighted by molar-refractivity contribution is 6.18. The number of hydrogen-bond acceptors (Lipinski definition) is 10. The molecular weight excluding hydrogens is 749 g/mol. The van der Waals surface area contributed by atoms with Crippen molar-refractivity contribution in [3.8, 4) is 0 Å². The lowest BCUT2D eigenvalue weighted by Crippen LogP contribution is -2.32. The van der Waals surface area contributed by atoms with Crippen molar-refractivity contribution < 1.29 is 24.0 Å². The molecule has 4 aromatic heterocycles. The first-order valence-corrected chi connectivity index (χ1v) is 17.0. The summed E-state index contributed by atoms with van der Waals surface area (Å²) < 4.78 is 2.22. The summed E-state index contributed by atoms with van der Waals surface area (Å²) in [4.78, 5) is 59.8. The number of carbonyl (C=O) groups is 5.